The first-order chi connectivity index (χ1) is 9.27. The molecule has 2 aliphatic rings. The quantitative estimate of drug-likeness (QED) is 0.581. The van der Waals surface area contributed by atoms with Gasteiger partial charge in [0.1, 0.15) is 5.54 Å². The second-order valence-corrected chi connectivity index (χ2v) is 5.94. The summed E-state index contributed by atoms with van der Waals surface area (Å²) >= 11 is 0. The lowest BCUT2D eigenvalue weighted by atomic mass is 9.82. The normalized spacial score (nSPS) is 31.1. The summed E-state index contributed by atoms with van der Waals surface area (Å²) in [5.74, 6) is -3.40. The van der Waals surface area contributed by atoms with Crippen LogP contribution < -0.4 is 5.32 Å². The number of carboxylic acid groups (broad SMARTS) is 1. The molecule has 1 saturated carbocycles. The van der Waals surface area contributed by atoms with E-state index in [4.69, 9.17) is 0 Å². The minimum atomic E-state index is -1.17. The van der Waals surface area contributed by atoms with Crippen LogP contribution in [0.2, 0.25) is 0 Å². The molecule has 0 saturated heterocycles. The van der Waals surface area contributed by atoms with Gasteiger partial charge in [0.15, 0.2) is 0 Å². The lowest BCUT2D eigenvalue weighted by molar-refractivity contribution is -0.152. The van der Waals surface area contributed by atoms with Crippen LogP contribution in [0.5, 0.6) is 0 Å². The van der Waals surface area contributed by atoms with Crippen LogP contribution in [0.25, 0.3) is 0 Å². The zero-order valence-electron chi connectivity index (χ0n) is 11.8. The molecule has 2 aliphatic carbocycles. The third-order valence-corrected chi connectivity index (χ3v) is 4.18. The topological polar surface area (TPSA) is 92.7 Å². The molecule has 0 heterocycles. The Bertz CT molecular complexity index is 482. The van der Waals surface area contributed by atoms with E-state index in [1.54, 1.807) is 0 Å². The average Bonchev–Trinajstić information content (AvgIpc) is 2.96. The maximum absolute atomic E-state index is 12.4. The number of carboxylic acids is 1. The van der Waals surface area contributed by atoms with Crippen molar-refractivity contribution >= 4 is 17.8 Å². The Morgan fingerprint density at radius 3 is 2.25 bits per heavy atom. The summed E-state index contributed by atoms with van der Waals surface area (Å²) in [7, 11) is 1.25. The van der Waals surface area contributed by atoms with Crippen LogP contribution in [-0.4, -0.2) is 35.6 Å². The van der Waals surface area contributed by atoms with E-state index >= 15 is 0 Å². The summed E-state index contributed by atoms with van der Waals surface area (Å²) < 4.78 is 4.63. The molecule has 0 aliphatic heterocycles. The minimum Gasteiger partial charge on any atom is -0.481 e. The van der Waals surface area contributed by atoms with Crippen LogP contribution in [0, 0.1) is 23.7 Å². The first kappa shape index (κ1) is 14.6. The highest BCUT2D eigenvalue weighted by Crippen LogP contribution is 2.48. The molecule has 0 aromatic carbocycles. The summed E-state index contributed by atoms with van der Waals surface area (Å²) in [6.45, 7) is 3.07. The maximum atomic E-state index is 12.4. The molecule has 110 valence electrons. The number of rotatable bonds is 4. The smallest absolute Gasteiger partial charge is 0.330 e. The van der Waals surface area contributed by atoms with Gasteiger partial charge in [-0.3, -0.25) is 9.59 Å². The van der Waals surface area contributed by atoms with E-state index in [-0.39, 0.29) is 11.8 Å². The van der Waals surface area contributed by atoms with E-state index in [9.17, 15) is 19.5 Å². The van der Waals surface area contributed by atoms with Gasteiger partial charge >= 0.3 is 11.9 Å². The van der Waals surface area contributed by atoms with E-state index in [0.29, 0.717) is 6.42 Å². The van der Waals surface area contributed by atoms with Crippen molar-refractivity contribution in [2.24, 2.45) is 23.7 Å². The molecule has 4 atom stereocenters. The number of hydrogen-bond donors (Lipinski definition) is 2. The van der Waals surface area contributed by atoms with Crippen molar-refractivity contribution in [3.8, 4) is 0 Å². The van der Waals surface area contributed by atoms with Gasteiger partial charge in [-0.15, -0.1) is 0 Å². The number of amides is 1. The molecule has 6 heteroatoms. The Balaban J connectivity index is 2.15. The lowest BCUT2D eigenvalue weighted by Gasteiger charge is -2.29. The summed E-state index contributed by atoms with van der Waals surface area (Å²) in [6, 6.07) is 0. The number of carbonyl (C=O) groups excluding carboxylic acids is 2. The SMILES string of the molecule is COC(=O)C(C)(C)NC(=O)[C@H]1C2C=CC(C2)[C@H]1C(=O)O. The van der Waals surface area contributed by atoms with E-state index in [0.717, 1.165) is 0 Å². The van der Waals surface area contributed by atoms with Gasteiger partial charge in [-0.1, -0.05) is 12.2 Å². The highest BCUT2D eigenvalue weighted by molar-refractivity contribution is 5.91. The van der Waals surface area contributed by atoms with Crippen molar-refractivity contribution in [3.05, 3.63) is 12.2 Å². The van der Waals surface area contributed by atoms with Gasteiger partial charge in [0.25, 0.3) is 0 Å². The number of esters is 1. The van der Waals surface area contributed by atoms with Gasteiger partial charge in [0.2, 0.25) is 5.91 Å². The molecular weight excluding hydrogens is 262 g/mol. The van der Waals surface area contributed by atoms with Crippen LogP contribution in [0.1, 0.15) is 20.3 Å². The van der Waals surface area contributed by atoms with Crippen LogP contribution in [0.3, 0.4) is 0 Å². The molecule has 2 bridgehead atoms. The number of hydrogen-bond acceptors (Lipinski definition) is 4. The third-order valence-electron chi connectivity index (χ3n) is 4.18. The second kappa shape index (κ2) is 4.92. The fraction of sp³-hybridized carbons (Fsp3) is 0.643. The molecule has 0 spiro atoms. The number of aliphatic carboxylic acids is 1. The predicted octanol–water partition coefficient (Wildman–Crippen LogP) is 0.577. The number of carbonyl (C=O) groups is 3. The number of ether oxygens (including phenoxy) is 1. The molecule has 0 radical (unpaired) electrons. The summed E-state index contributed by atoms with van der Waals surface area (Å²) in [6.07, 6.45) is 4.46. The lowest BCUT2D eigenvalue weighted by Crippen LogP contribution is -2.54. The van der Waals surface area contributed by atoms with Crippen molar-refractivity contribution in [2.45, 2.75) is 25.8 Å². The first-order valence-electron chi connectivity index (χ1n) is 6.59. The fourth-order valence-corrected chi connectivity index (χ4v) is 3.21. The Hall–Kier alpha value is -1.85. The number of nitrogens with one attached hydrogen (secondary N) is 1. The molecule has 1 amide bonds. The molecule has 0 aromatic heterocycles. The molecule has 2 rings (SSSR count). The molecule has 0 aromatic rings. The number of allylic oxidation sites excluding steroid dienone is 2. The standard InChI is InChI=1S/C14H19NO5/c1-14(2,13(19)20-3)15-11(16)9-7-4-5-8(6-7)10(9)12(17)18/h4-5,7-10H,6H2,1-3H3,(H,15,16)(H,17,18)/t7?,8?,9-,10+/m0/s1. The molecule has 20 heavy (non-hydrogen) atoms. The number of methoxy groups -OCH3 is 1. The maximum Gasteiger partial charge on any atom is 0.330 e. The van der Waals surface area contributed by atoms with Crippen molar-refractivity contribution < 1.29 is 24.2 Å². The Morgan fingerprint density at radius 2 is 1.75 bits per heavy atom. The van der Waals surface area contributed by atoms with Crippen LogP contribution >= 0.6 is 0 Å². The molecule has 2 unspecified atom stereocenters. The van der Waals surface area contributed by atoms with Gasteiger partial charge in [-0.2, -0.15) is 0 Å². The van der Waals surface area contributed by atoms with Crippen LogP contribution in [0.4, 0.5) is 0 Å². The highest BCUT2D eigenvalue weighted by Gasteiger charge is 2.52. The van der Waals surface area contributed by atoms with E-state index in [1.807, 2.05) is 12.2 Å². The van der Waals surface area contributed by atoms with Gasteiger partial charge in [-0.05, 0) is 32.1 Å². The van der Waals surface area contributed by atoms with Crippen molar-refractivity contribution in [1.82, 2.24) is 5.32 Å². The summed E-state index contributed by atoms with van der Waals surface area (Å²) in [5.41, 5.74) is -1.17. The highest BCUT2D eigenvalue weighted by atomic mass is 16.5. The van der Waals surface area contributed by atoms with Crippen molar-refractivity contribution in [1.29, 1.82) is 0 Å². The first-order valence-corrected chi connectivity index (χ1v) is 6.59. The van der Waals surface area contributed by atoms with E-state index in [2.05, 4.69) is 10.1 Å². The van der Waals surface area contributed by atoms with Crippen LogP contribution in [0.15, 0.2) is 12.2 Å². The zero-order chi connectivity index (χ0) is 15.1. The molecular formula is C14H19NO5. The third kappa shape index (κ3) is 2.30. The van der Waals surface area contributed by atoms with Gasteiger partial charge in [0, 0.05) is 0 Å². The molecule has 2 N–H and O–H groups in total. The molecule has 6 nitrogen and oxygen atoms in total. The van der Waals surface area contributed by atoms with E-state index in [1.165, 1.54) is 21.0 Å². The van der Waals surface area contributed by atoms with Gasteiger partial charge in [-0.25, -0.2) is 4.79 Å². The predicted molar refractivity (Wildman–Crippen MR) is 69.6 cm³/mol. The van der Waals surface area contributed by atoms with Crippen molar-refractivity contribution in [3.63, 3.8) is 0 Å². The minimum absolute atomic E-state index is 0.0606. The van der Waals surface area contributed by atoms with Crippen molar-refractivity contribution in [2.75, 3.05) is 7.11 Å². The largest absolute Gasteiger partial charge is 0.481 e. The molecule has 1 fully saturated rings. The summed E-state index contributed by atoms with van der Waals surface area (Å²) in [5, 5.41) is 11.9. The van der Waals surface area contributed by atoms with E-state index < -0.39 is 35.2 Å². The van der Waals surface area contributed by atoms with Gasteiger partial charge in [0.05, 0.1) is 18.9 Å². The Kier molecular flexibility index (Phi) is 3.58. The van der Waals surface area contributed by atoms with Gasteiger partial charge < -0.3 is 15.2 Å². The van der Waals surface area contributed by atoms with Crippen LogP contribution in [-0.2, 0) is 19.1 Å². The zero-order valence-corrected chi connectivity index (χ0v) is 11.8. The average molecular weight is 281 g/mol. The summed E-state index contributed by atoms with van der Waals surface area (Å²) in [4.78, 5) is 35.3. The number of fused-ring (bicyclic) bond motifs is 2. The Morgan fingerprint density at radius 1 is 1.20 bits per heavy atom. The fourth-order valence-electron chi connectivity index (χ4n) is 3.21. The second-order valence-electron chi connectivity index (χ2n) is 5.94. The Labute approximate surface area is 117 Å². The monoisotopic (exact) mass is 281 g/mol.